The molecule has 6 heteroatoms. The number of hydrogen-bond donors (Lipinski definition) is 1. The number of ether oxygens (including phenoxy) is 2. The highest BCUT2D eigenvalue weighted by molar-refractivity contribution is 5.80. The molecule has 0 aromatic heterocycles. The van der Waals surface area contributed by atoms with Crippen molar-refractivity contribution >= 4 is 11.6 Å². The van der Waals surface area contributed by atoms with Crippen molar-refractivity contribution < 1.29 is 9.47 Å². The van der Waals surface area contributed by atoms with Crippen LogP contribution in [0.25, 0.3) is 0 Å². The third-order valence-corrected chi connectivity index (χ3v) is 5.10. The SMILES string of the molecule is CCNC(=NCCCOCC1CC1)N1CCN(c2ccccc2OC)CC1. The van der Waals surface area contributed by atoms with Crippen molar-refractivity contribution in [2.24, 2.45) is 10.9 Å². The smallest absolute Gasteiger partial charge is 0.194 e. The number of hydrogen-bond acceptors (Lipinski definition) is 4. The predicted octanol–water partition coefficient (Wildman–Crippen LogP) is 2.60. The summed E-state index contributed by atoms with van der Waals surface area (Å²) in [4.78, 5) is 9.56. The van der Waals surface area contributed by atoms with Crippen molar-refractivity contribution in [1.29, 1.82) is 0 Å². The molecule has 0 spiro atoms. The number of benzene rings is 1. The van der Waals surface area contributed by atoms with Crippen LogP contribution < -0.4 is 15.0 Å². The van der Waals surface area contributed by atoms with E-state index in [2.05, 4.69) is 34.2 Å². The molecule has 1 heterocycles. The van der Waals surface area contributed by atoms with E-state index in [9.17, 15) is 0 Å². The molecule has 1 aliphatic carbocycles. The van der Waals surface area contributed by atoms with Crippen molar-refractivity contribution in [3.8, 4) is 5.75 Å². The van der Waals surface area contributed by atoms with Gasteiger partial charge in [-0.05, 0) is 44.2 Å². The summed E-state index contributed by atoms with van der Waals surface area (Å²) >= 11 is 0. The molecule has 3 rings (SSSR count). The van der Waals surface area contributed by atoms with Crippen LogP contribution in [0.1, 0.15) is 26.2 Å². The van der Waals surface area contributed by atoms with Gasteiger partial charge in [0.05, 0.1) is 12.8 Å². The monoisotopic (exact) mass is 374 g/mol. The molecule has 0 radical (unpaired) electrons. The number of para-hydroxylation sites is 2. The normalized spacial score (nSPS) is 17.9. The maximum Gasteiger partial charge on any atom is 0.194 e. The summed E-state index contributed by atoms with van der Waals surface area (Å²) in [7, 11) is 1.74. The number of piperazine rings is 1. The standard InChI is InChI=1S/C21H34N4O2/c1-3-22-21(23-11-6-16-27-17-18-9-10-18)25-14-12-24(13-15-25)19-7-4-5-8-20(19)26-2/h4-5,7-8,18H,3,6,9-17H2,1-2H3,(H,22,23). The van der Waals surface area contributed by atoms with Crippen LogP contribution in [0.15, 0.2) is 29.3 Å². The lowest BCUT2D eigenvalue weighted by Gasteiger charge is -2.38. The van der Waals surface area contributed by atoms with E-state index in [4.69, 9.17) is 14.5 Å². The van der Waals surface area contributed by atoms with E-state index in [0.29, 0.717) is 0 Å². The first-order valence-electron chi connectivity index (χ1n) is 10.3. The largest absolute Gasteiger partial charge is 0.495 e. The van der Waals surface area contributed by atoms with Gasteiger partial charge in [-0.1, -0.05) is 12.1 Å². The van der Waals surface area contributed by atoms with Gasteiger partial charge in [0.1, 0.15) is 5.75 Å². The fourth-order valence-electron chi connectivity index (χ4n) is 3.36. The molecular weight excluding hydrogens is 340 g/mol. The lowest BCUT2D eigenvalue weighted by molar-refractivity contribution is 0.123. The minimum atomic E-state index is 0.819. The van der Waals surface area contributed by atoms with Gasteiger partial charge in [0.25, 0.3) is 0 Å². The van der Waals surface area contributed by atoms with Gasteiger partial charge in [0, 0.05) is 52.5 Å². The van der Waals surface area contributed by atoms with Crippen molar-refractivity contribution in [1.82, 2.24) is 10.2 Å². The Hall–Kier alpha value is -1.95. The Morgan fingerprint density at radius 3 is 2.67 bits per heavy atom. The van der Waals surface area contributed by atoms with Crippen molar-refractivity contribution in [2.45, 2.75) is 26.2 Å². The molecule has 0 unspecified atom stereocenters. The van der Waals surface area contributed by atoms with Gasteiger partial charge in [-0.15, -0.1) is 0 Å². The minimum absolute atomic E-state index is 0.819. The average Bonchev–Trinajstić information content (AvgIpc) is 3.54. The quantitative estimate of drug-likeness (QED) is 0.409. The molecule has 1 aliphatic heterocycles. The molecule has 1 saturated carbocycles. The van der Waals surface area contributed by atoms with E-state index >= 15 is 0 Å². The third kappa shape index (κ3) is 6.03. The van der Waals surface area contributed by atoms with Crippen LogP contribution in [0.3, 0.4) is 0 Å². The molecule has 6 nitrogen and oxygen atoms in total. The van der Waals surface area contributed by atoms with Crippen LogP contribution >= 0.6 is 0 Å². The van der Waals surface area contributed by atoms with Gasteiger partial charge in [-0.2, -0.15) is 0 Å². The van der Waals surface area contributed by atoms with Gasteiger partial charge in [-0.3, -0.25) is 4.99 Å². The second-order valence-corrected chi connectivity index (χ2v) is 7.25. The number of methoxy groups -OCH3 is 1. The van der Waals surface area contributed by atoms with Gasteiger partial charge >= 0.3 is 0 Å². The van der Waals surface area contributed by atoms with Gasteiger partial charge < -0.3 is 24.6 Å². The van der Waals surface area contributed by atoms with Gasteiger partial charge in [0.15, 0.2) is 5.96 Å². The maximum absolute atomic E-state index is 5.71. The highest BCUT2D eigenvalue weighted by Crippen LogP contribution is 2.29. The zero-order valence-electron chi connectivity index (χ0n) is 16.8. The molecule has 150 valence electrons. The molecule has 1 saturated heterocycles. The summed E-state index contributed by atoms with van der Waals surface area (Å²) in [5.41, 5.74) is 1.18. The Labute approximate surface area is 163 Å². The molecular formula is C21H34N4O2. The van der Waals surface area contributed by atoms with Crippen LogP contribution in [-0.4, -0.2) is 70.5 Å². The fourth-order valence-corrected chi connectivity index (χ4v) is 3.36. The van der Waals surface area contributed by atoms with Crippen LogP contribution in [0.2, 0.25) is 0 Å². The first kappa shape index (κ1) is 19.8. The van der Waals surface area contributed by atoms with Crippen LogP contribution in [0.4, 0.5) is 5.69 Å². The summed E-state index contributed by atoms with van der Waals surface area (Å²) in [6, 6.07) is 8.25. The number of nitrogens with one attached hydrogen (secondary N) is 1. The summed E-state index contributed by atoms with van der Waals surface area (Å²) in [5, 5.41) is 3.44. The molecule has 2 fully saturated rings. The maximum atomic E-state index is 5.71. The Morgan fingerprint density at radius 1 is 1.19 bits per heavy atom. The van der Waals surface area contributed by atoms with E-state index in [1.165, 1.54) is 18.5 Å². The Bertz CT molecular complexity index is 596. The van der Waals surface area contributed by atoms with E-state index in [0.717, 1.165) is 76.5 Å². The second kappa shape index (κ2) is 10.4. The Morgan fingerprint density at radius 2 is 1.96 bits per heavy atom. The lowest BCUT2D eigenvalue weighted by Crippen LogP contribution is -2.52. The second-order valence-electron chi connectivity index (χ2n) is 7.25. The lowest BCUT2D eigenvalue weighted by atomic mass is 10.2. The van der Waals surface area contributed by atoms with E-state index in [-0.39, 0.29) is 0 Å². The molecule has 0 amide bonds. The molecule has 2 aliphatic rings. The zero-order chi connectivity index (χ0) is 18.9. The van der Waals surface area contributed by atoms with Crippen LogP contribution in [0.5, 0.6) is 5.75 Å². The van der Waals surface area contributed by atoms with Crippen molar-refractivity contribution in [3.63, 3.8) is 0 Å². The van der Waals surface area contributed by atoms with Crippen molar-refractivity contribution in [2.75, 3.05) is 64.5 Å². The first-order chi connectivity index (χ1) is 13.3. The molecule has 1 aromatic rings. The van der Waals surface area contributed by atoms with Crippen LogP contribution in [-0.2, 0) is 4.74 Å². The number of nitrogens with zero attached hydrogens (tertiary/aromatic N) is 3. The first-order valence-corrected chi connectivity index (χ1v) is 10.3. The molecule has 27 heavy (non-hydrogen) atoms. The summed E-state index contributed by atoms with van der Waals surface area (Å²) < 4.78 is 11.2. The topological polar surface area (TPSA) is 49.3 Å². The number of guanidine groups is 1. The number of anilines is 1. The number of rotatable bonds is 9. The Kier molecular flexibility index (Phi) is 7.63. The Balaban J connectivity index is 1.46. The van der Waals surface area contributed by atoms with Crippen molar-refractivity contribution in [3.05, 3.63) is 24.3 Å². The predicted molar refractivity (Wildman–Crippen MR) is 111 cm³/mol. The highest BCUT2D eigenvalue weighted by atomic mass is 16.5. The molecule has 1 aromatic carbocycles. The summed E-state index contributed by atoms with van der Waals surface area (Å²) in [5.74, 6) is 2.81. The zero-order valence-corrected chi connectivity index (χ0v) is 16.8. The van der Waals surface area contributed by atoms with Gasteiger partial charge in [-0.25, -0.2) is 0 Å². The highest BCUT2D eigenvalue weighted by Gasteiger charge is 2.22. The molecule has 1 N–H and O–H groups in total. The molecule has 0 atom stereocenters. The number of aliphatic imine (C=N–C) groups is 1. The van der Waals surface area contributed by atoms with E-state index in [1.807, 2.05) is 12.1 Å². The van der Waals surface area contributed by atoms with Gasteiger partial charge in [0.2, 0.25) is 0 Å². The third-order valence-electron chi connectivity index (χ3n) is 5.10. The van der Waals surface area contributed by atoms with Crippen LogP contribution in [0, 0.1) is 5.92 Å². The van der Waals surface area contributed by atoms with E-state index < -0.39 is 0 Å². The minimum Gasteiger partial charge on any atom is -0.495 e. The summed E-state index contributed by atoms with van der Waals surface area (Å²) in [6.07, 6.45) is 3.69. The van der Waals surface area contributed by atoms with E-state index in [1.54, 1.807) is 7.11 Å². The summed E-state index contributed by atoms with van der Waals surface area (Å²) in [6.45, 7) is 9.45. The fraction of sp³-hybridized carbons (Fsp3) is 0.667. The molecule has 0 bridgehead atoms. The average molecular weight is 375 g/mol.